The molecule has 1 rings (SSSR count). The fourth-order valence-electron chi connectivity index (χ4n) is 1.31. The van der Waals surface area contributed by atoms with Gasteiger partial charge in [-0.05, 0) is 24.6 Å². The van der Waals surface area contributed by atoms with Crippen LogP contribution in [0.5, 0.6) is 5.75 Å². The summed E-state index contributed by atoms with van der Waals surface area (Å²) in [6.07, 6.45) is -2.34. The van der Waals surface area contributed by atoms with Crippen molar-refractivity contribution in [3.05, 3.63) is 29.6 Å². The minimum atomic E-state index is -1.22. The highest BCUT2D eigenvalue weighted by Crippen LogP contribution is 2.24. The summed E-state index contributed by atoms with van der Waals surface area (Å²) in [6.45, 7) is 2.17. The Morgan fingerprint density at radius 1 is 1.38 bits per heavy atom. The molecule has 90 valence electrons. The largest absolute Gasteiger partial charge is 0.494 e. The molecule has 0 bridgehead atoms. The van der Waals surface area contributed by atoms with Crippen LogP contribution in [0.15, 0.2) is 18.2 Å². The van der Waals surface area contributed by atoms with Crippen molar-refractivity contribution in [2.45, 2.75) is 19.1 Å². The van der Waals surface area contributed by atoms with Gasteiger partial charge in [-0.1, -0.05) is 0 Å². The lowest BCUT2D eigenvalue weighted by molar-refractivity contribution is 0.0324. The molecule has 0 fully saturated rings. The highest BCUT2D eigenvalue weighted by atomic mass is 35.5. The minimum Gasteiger partial charge on any atom is -0.494 e. The van der Waals surface area contributed by atoms with E-state index in [-0.39, 0.29) is 11.4 Å². The standard InChI is InChI=1S/C11H14ClFO3/c1-2-16-9-4-7(3-8(13)5-9)11(15)10(14)6-12/h3-5,10-11,14-15H,2,6H2,1H3. The number of alkyl halides is 1. The lowest BCUT2D eigenvalue weighted by atomic mass is 10.1. The SMILES string of the molecule is CCOc1cc(F)cc(C(O)C(O)CCl)c1. The van der Waals surface area contributed by atoms with Gasteiger partial charge in [0.1, 0.15) is 17.7 Å². The van der Waals surface area contributed by atoms with Crippen LogP contribution in [0, 0.1) is 5.82 Å². The molecule has 0 aliphatic rings. The summed E-state index contributed by atoms with van der Waals surface area (Å²) < 4.78 is 18.3. The minimum absolute atomic E-state index is 0.123. The summed E-state index contributed by atoms with van der Waals surface area (Å²) in [7, 11) is 0. The maximum atomic E-state index is 13.2. The lowest BCUT2D eigenvalue weighted by Crippen LogP contribution is -2.19. The Morgan fingerprint density at radius 3 is 2.62 bits per heavy atom. The van der Waals surface area contributed by atoms with Gasteiger partial charge in [0.2, 0.25) is 0 Å². The second-order valence-electron chi connectivity index (χ2n) is 3.32. The van der Waals surface area contributed by atoms with Gasteiger partial charge >= 0.3 is 0 Å². The van der Waals surface area contributed by atoms with Crippen LogP contribution < -0.4 is 4.74 Å². The molecule has 0 aliphatic heterocycles. The van der Waals surface area contributed by atoms with Crippen molar-refractivity contribution in [1.82, 2.24) is 0 Å². The summed E-state index contributed by atoms with van der Waals surface area (Å²) in [5.74, 6) is -0.332. The van der Waals surface area contributed by atoms with E-state index in [1.54, 1.807) is 6.92 Å². The van der Waals surface area contributed by atoms with Crippen LogP contribution in [0.1, 0.15) is 18.6 Å². The molecule has 2 atom stereocenters. The molecule has 0 saturated heterocycles. The van der Waals surface area contributed by atoms with Gasteiger partial charge < -0.3 is 14.9 Å². The Bertz CT molecular complexity index is 346. The van der Waals surface area contributed by atoms with Gasteiger partial charge in [-0.25, -0.2) is 4.39 Å². The van der Waals surface area contributed by atoms with Crippen LogP contribution >= 0.6 is 11.6 Å². The van der Waals surface area contributed by atoms with Gasteiger partial charge in [0.15, 0.2) is 0 Å². The summed E-state index contributed by atoms with van der Waals surface area (Å²) in [6, 6.07) is 3.84. The number of hydrogen-bond donors (Lipinski definition) is 2. The number of ether oxygens (including phenoxy) is 1. The second-order valence-corrected chi connectivity index (χ2v) is 3.63. The molecular formula is C11H14ClFO3. The molecule has 0 heterocycles. The molecule has 0 aliphatic carbocycles. The molecule has 1 aromatic carbocycles. The normalized spacial score (nSPS) is 14.6. The highest BCUT2D eigenvalue weighted by Gasteiger charge is 2.18. The molecule has 0 aromatic heterocycles. The Kier molecular flexibility index (Phi) is 4.99. The van der Waals surface area contributed by atoms with Crippen molar-refractivity contribution < 1.29 is 19.3 Å². The Hall–Kier alpha value is -0.840. The molecular weight excluding hydrogens is 235 g/mol. The molecule has 0 saturated carbocycles. The van der Waals surface area contributed by atoms with Crippen LogP contribution in [-0.4, -0.2) is 28.8 Å². The molecule has 1 aromatic rings. The zero-order valence-electron chi connectivity index (χ0n) is 8.86. The van der Waals surface area contributed by atoms with Crippen LogP contribution in [0.2, 0.25) is 0 Å². The molecule has 0 spiro atoms. The maximum absolute atomic E-state index is 13.2. The molecule has 2 N–H and O–H groups in total. The average molecular weight is 249 g/mol. The number of hydrogen-bond acceptors (Lipinski definition) is 3. The third-order valence-corrected chi connectivity index (χ3v) is 2.38. The van der Waals surface area contributed by atoms with Gasteiger partial charge in [0.25, 0.3) is 0 Å². The smallest absolute Gasteiger partial charge is 0.127 e. The molecule has 0 amide bonds. The summed E-state index contributed by atoms with van der Waals surface area (Å²) >= 11 is 5.40. The lowest BCUT2D eigenvalue weighted by Gasteiger charge is -2.16. The first-order valence-corrected chi connectivity index (χ1v) is 5.47. The van der Waals surface area contributed by atoms with E-state index < -0.39 is 18.0 Å². The maximum Gasteiger partial charge on any atom is 0.127 e. The fraction of sp³-hybridized carbons (Fsp3) is 0.455. The molecule has 16 heavy (non-hydrogen) atoms. The Balaban J connectivity index is 2.94. The van der Waals surface area contributed by atoms with Crippen molar-refractivity contribution in [2.75, 3.05) is 12.5 Å². The predicted octanol–water partition coefficient (Wildman–Crippen LogP) is 1.86. The van der Waals surface area contributed by atoms with Crippen molar-refractivity contribution in [3.8, 4) is 5.75 Å². The zero-order valence-corrected chi connectivity index (χ0v) is 9.62. The van der Waals surface area contributed by atoms with Crippen LogP contribution in [0.25, 0.3) is 0 Å². The monoisotopic (exact) mass is 248 g/mol. The molecule has 0 radical (unpaired) electrons. The number of benzene rings is 1. The number of aliphatic hydroxyl groups is 2. The summed E-state index contributed by atoms with van der Waals surface area (Å²) in [5, 5.41) is 19.0. The van der Waals surface area contributed by atoms with Gasteiger partial charge in [0, 0.05) is 6.07 Å². The molecule has 2 unspecified atom stereocenters. The fourth-order valence-corrected chi connectivity index (χ4v) is 1.48. The zero-order chi connectivity index (χ0) is 12.1. The second kappa shape index (κ2) is 6.03. The van der Waals surface area contributed by atoms with E-state index in [1.807, 2.05) is 0 Å². The van der Waals surface area contributed by atoms with Crippen molar-refractivity contribution >= 4 is 11.6 Å². The van der Waals surface area contributed by atoms with Crippen molar-refractivity contribution in [2.24, 2.45) is 0 Å². The molecule has 5 heteroatoms. The topological polar surface area (TPSA) is 49.7 Å². The van der Waals surface area contributed by atoms with E-state index >= 15 is 0 Å². The van der Waals surface area contributed by atoms with Gasteiger partial charge in [0.05, 0.1) is 18.6 Å². The van der Waals surface area contributed by atoms with Gasteiger partial charge in [-0.15, -0.1) is 11.6 Å². The summed E-state index contributed by atoms with van der Waals surface area (Å²) in [5.41, 5.74) is 0.247. The first kappa shape index (κ1) is 13.2. The van der Waals surface area contributed by atoms with E-state index in [0.29, 0.717) is 12.4 Å². The third-order valence-electron chi connectivity index (χ3n) is 2.07. The van der Waals surface area contributed by atoms with E-state index in [0.717, 1.165) is 6.07 Å². The van der Waals surface area contributed by atoms with E-state index in [4.69, 9.17) is 16.3 Å². The average Bonchev–Trinajstić information content (AvgIpc) is 2.26. The Morgan fingerprint density at radius 2 is 2.06 bits per heavy atom. The van der Waals surface area contributed by atoms with E-state index in [1.165, 1.54) is 12.1 Å². The van der Waals surface area contributed by atoms with Crippen LogP contribution in [-0.2, 0) is 0 Å². The summed E-state index contributed by atoms with van der Waals surface area (Å²) in [4.78, 5) is 0. The molecule has 3 nitrogen and oxygen atoms in total. The quantitative estimate of drug-likeness (QED) is 0.782. The predicted molar refractivity (Wildman–Crippen MR) is 59.3 cm³/mol. The van der Waals surface area contributed by atoms with Crippen LogP contribution in [0.3, 0.4) is 0 Å². The van der Waals surface area contributed by atoms with Crippen LogP contribution in [0.4, 0.5) is 4.39 Å². The highest BCUT2D eigenvalue weighted by molar-refractivity contribution is 6.18. The van der Waals surface area contributed by atoms with E-state index in [9.17, 15) is 14.6 Å². The van der Waals surface area contributed by atoms with Gasteiger partial charge in [-0.2, -0.15) is 0 Å². The first-order valence-electron chi connectivity index (χ1n) is 4.93. The number of aliphatic hydroxyl groups excluding tert-OH is 2. The first-order chi connectivity index (χ1) is 7.58. The number of rotatable bonds is 5. The van der Waals surface area contributed by atoms with E-state index in [2.05, 4.69) is 0 Å². The van der Waals surface area contributed by atoms with Gasteiger partial charge in [-0.3, -0.25) is 0 Å². The number of halogens is 2. The van der Waals surface area contributed by atoms with Crippen molar-refractivity contribution in [1.29, 1.82) is 0 Å². The Labute approximate surface area is 98.4 Å². The van der Waals surface area contributed by atoms with Crippen molar-refractivity contribution in [3.63, 3.8) is 0 Å². The third kappa shape index (κ3) is 3.33.